The van der Waals surface area contributed by atoms with E-state index in [0.717, 1.165) is 13.0 Å². The third kappa shape index (κ3) is 6.31. The number of aryl methyl sites for hydroxylation is 1. The van der Waals surface area contributed by atoms with Crippen LogP contribution in [-0.4, -0.2) is 19.3 Å². The Morgan fingerprint density at radius 3 is 2.47 bits per heavy atom. The van der Waals surface area contributed by atoms with Crippen molar-refractivity contribution in [2.45, 2.75) is 32.4 Å². The van der Waals surface area contributed by atoms with Crippen molar-refractivity contribution in [2.75, 3.05) is 13.1 Å². The van der Waals surface area contributed by atoms with Crippen LogP contribution in [0.2, 0.25) is 0 Å². The van der Waals surface area contributed by atoms with Crippen molar-refractivity contribution in [3.63, 3.8) is 0 Å². The van der Waals surface area contributed by atoms with E-state index in [-0.39, 0.29) is 6.42 Å². The Labute approximate surface area is 100 Å². The Balaban J connectivity index is 2.11. The molecule has 1 rings (SSSR count). The van der Waals surface area contributed by atoms with Crippen LogP contribution in [0, 0.1) is 6.92 Å². The van der Waals surface area contributed by atoms with Gasteiger partial charge in [-0.1, -0.05) is 24.3 Å². The van der Waals surface area contributed by atoms with Gasteiger partial charge in [0.15, 0.2) is 0 Å². The van der Waals surface area contributed by atoms with Crippen molar-refractivity contribution in [2.24, 2.45) is 0 Å². The summed E-state index contributed by atoms with van der Waals surface area (Å²) in [6.45, 7) is 3.19. The van der Waals surface area contributed by atoms with Gasteiger partial charge in [-0.05, 0) is 44.0 Å². The fourth-order valence-corrected chi connectivity index (χ4v) is 1.65. The first-order valence-corrected chi connectivity index (χ1v) is 5.81. The van der Waals surface area contributed by atoms with Gasteiger partial charge in [0.05, 0.1) is 0 Å². The molecule has 0 aromatic heterocycles. The van der Waals surface area contributed by atoms with Crippen LogP contribution in [0.5, 0.6) is 0 Å². The molecule has 4 heteroatoms. The molecular weight excluding hydrogens is 227 g/mol. The summed E-state index contributed by atoms with van der Waals surface area (Å²) in [5.74, 6) is 0. The maximum atomic E-state index is 11.9. The molecule has 1 nitrogen and oxygen atoms in total. The van der Waals surface area contributed by atoms with Crippen LogP contribution in [0.15, 0.2) is 24.3 Å². The predicted molar refractivity (Wildman–Crippen MR) is 63.0 cm³/mol. The Kier molecular flexibility index (Phi) is 5.48. The summed E-state index contributed by atoms with van der Waals surface area (Å²) in [4.78, 5) is 0. The first kappa shape index (κ1) is 14.0. The summed E-state index contributed by atoms with van der Waals surface area (Å²) in [5.41, 5.74) is 2.47. The minimum Gasteiger partial charge on any atom is -0.316 e. The highest BCUT2D eigenvalue weighted by molar-refractivity contribution is 5.25. The number of nitrogens with one attached hydrogen (secondary N) is 1. The van der Waals surface area contributed by atoms with Crippen LogP contribution in [0.3, 0.4) is 0 Å². The lowest BCUT2D eigenvalue weighted by molar-refractivity contribution is -0.135. The van der Waals surface area contributed by atoms with Crippen LogP contribution in [0.4, 0.5) is 13.2 Å². The zero-order valence-electron chi connectivity index (χ0n) is 9.98. The van der Waals surface area contributed by atoms with Gasteiger partial charge in [-0.3, -0.25) is 0 Å². The van der Waals surface area contributed by atoms with Gasteiger partial charge in [-0.25, -0.2) is 0 Å². The molecule has 0 unspecified atom stereocenters. The normalized spacial score (nSPS) is 11.8. The summed E-state index contributed by atoms with van der Waals surface area (Å²) >= 11 is 0. The molecule has 1 N–H and O–H groups in total. The van der Waals surface area contributed by atoms with Crippen molar-refractivity contribution in [1.82, 2.24) is 5.32 Å². The molecule has 17 heavy (non-hydrogen) atoms. The number of alkyl halides is 3. The minimum absolute atomic E-state index is 0.150. The van der Waals surface area contributed by atoms with Gasteiger partial charge in [0.25, 0.3) is 0 Å². The van der Waals surface area contributed by atoms with Crippen molar-refractivity contribution in [3.8, 4) is 0 Å². The molecule has 0 aliphatic carbocycles. The molecule has 0 heterocycles. The van der Waals surface area contributed by atoms with E-state index >= 15 is 0 Å². The lowest BCUT2D eigenvalue weighted by atomic mass is 10.1. The van der Waals surface area contributed by atoms with Gasteiger partial charge in [0.2, 0.25) is 0 Å². The zero-order chi connectivity index (χ0) is 12.7. The molecule has 0 spiro atoms. The SMILES string of the molecule is Cc1ccccc1CCNCCCC(F)(F)F. The van der Waals surface area contributed by atoms with E-state index in [9.17, 15) is 13.2 Å². The third-order valence-corrected chi connectivity index (χ3v) is 2.65. The van der Waals surface area contributed by atoms with Crippen molar-refractivity contribution in [1.29, 1.82) is 0 Å². The fraction of sp³-hybridized carbons (Fsp3) is 0.538. The Morgan fingerprint density at radius 1 is 1.12 bits per heavy atom. The zero-order valence-corrected chi connectivity index (χ0v) is 9.98. The van der Waals surface area contributed by atoms with Crippen LogP contribution in [0.1, 0.15) is 24.0 Å². The van der Waals surface area contributed by atoms with E-state index in [1.807, 2.05) is 31.2 Å². The maximum Gasteiger partial charge on any atom is 0.389 e. The van der Waals surface area contributed by atoms with E-state index in [2.05, 4.69) is 5.32 Å². The molecule has 1 aromatic carbocycles. The molecule has 0 radical (unpaired) electrons. The second-order valence-corrected chi connectivity index (χ2v) is 4.15. The molecular formula is C13H18F3N. The van der Waals surface area contributed by atoms with Crippen LogP contribution in [-0.2, 0) is 6.42 Å². The standard InChI is InChI=1S/C13H18F3N/c1-11-5-2-3-6-12(11)7-10-17-9-4-8-13(14,15)16/h2-3,5-6,17H,4,7-10H2,1H3. The molecule has 0 aliphatic heterocycles. The Morgan fingerprint density at radius 2 is 1.82 bits per heavy atom. The number of hydrogen-bond donors (Lipinski definition) is 1. The van der Waals surface area contributed by atoms with E-state index in [0.29, 0.717) is 6.54 Å². The van der Waals surface area contributed by atoms with Crippen LogP contribution < -0.4 is 5.32 Å². The summed E-state index contributed by atoms with van der Waals surface area (Å²) in [5, 5.41) is 3.03. The average Bonchev–Trinajstić information content (AvgIpc) is 2.24. The lowest BCUT2D eigenvalue weighted by Crippen LogP contribution is -2.20. The smallest absolute Gasteiger partial charge is 0.316 e. The number of hydrogen-bond acceptors (Lipinski definition) is 1. The van der Waals surface area contributed by atoms with E-state index in [1.165, 1.54) is 11.1 Å². The van der Waals surface area contributed by atoms with Crippen molar-refractivity contribution >= 4 is 0 Å². The van der Waals surface area contributed by atoms with Crippen LogP contribution >= 0.6 is 0 Å². The van der Waals surface area contributed by atoms with Gasteiger partial charge >= 0.3 is 6.18 Å². The third-order valence-electron chi connectivity index (χ3n) is 2.65. The first-order valence-electron chi connectivity index (χ1n) is 5.81. The average molecular weight is 245 g/mol. The topological polar surface area (TPSA) is 12.0 Å². The summed E-state index contributed by atoms with van der Waals surface area (Å²) in [7, 11) is 0. The van der Waals surface area contributed by atoms with Crippen molar-refractivity contribution < 1.29 is 13.2 Å². The molecule has 0 saturated carbocycles. The second-order valence-electron chi connectivity index (χ2n) is 4.15. The molecule has 1 aromatic rings. The lowest BCUT2D eigenvalue weighted by Gasteiger charge is -2.08. The highest BCUT2D eigenvalue weighted by Crippen LogP contribution is 2.20. The van der Waals surface area contributed by atoms with Gasteiger partial charge in [0, 0.05) is 6.42 Å². The molecule has 96 valence electrons. The molecule has 0 fully saturated rings. The minimum atomic E-state index is -4.03. The van der Waals surface area contributed by atoms with Crippen molar-refractivity contribution in [3.05, 3.63) is 35.4 Å². The largest absolute Gasteiger partial charge is 0.389 e. The number of rotatable bonds is 6. The molecule has 0 aliphatic rings. The highest BCUT2D eigenvalue weighted by atomic mass is 19.4. The predicted octanol–water partition coefficient (Wildman–Crippen LogP) is 3.47. The van der Waals surface area contributed by atoms with Gasteiger partial charge < -0.3 is 5.32 Å². The van der Waals surface area contributed by atoms with Gasteiger partial charge in [-0.15, -0.1) is 0 Å². The number of benzene rings is 1. The Hall–Kier alpha value is -1.03. The van der Waals surface area contributed by atoms with Crippen LogP contribution in [0.25, 0.3) is 0 Å². The van der Waals surface area contributed by atoms with Gasteiger partial charge in [-0.2, -0.15) is 13.2 Å². The summed E-state index contributed by atoms with van der Waals surface area (Å²) in [6, 6.07) is 8.05. The molecule has 0 saturated heterocycles. The monoisotopic (exact) mass is 245 g/mol. The first-order chi connectivity index (χ1) is 7.99. The quantitative estimate of drug-likeness (QED) is 0.757. The van der Waals surface area contributed by atoms with E-state index in [4.69, 9.17) is 0 Å². The number of halogens is 3. The maximum absolute atomic E-state index is 11.9. The Bertz CT molecular complexity index is 334. The summed E-state index contributed by atoms with van der Waals surface area (Å²) in [6.07, 6.45) is -3.72. The molecule has 0 amide bonds. The van der Waals surface area contributed by atoms with E-state index < -0.39 is 12.6 Å². The molecule has 0 atom stereocenters. The fourth-order valence-electron chi connectivity index (χ4n) is 1.65. The second kappa shape index (κ2) is 6.64. The van der Waals surface area contributed by atoms with Gasteiger partial charge in [0.1, 0.15) is 0 Å². The summed E-state index contributed by atoms with van der Waals surface area (Å²) < 4.78 is 35.6. The van der Waals surface area contributed by atoms with E-state index in [1.54, 1.807) is 0 Å². The molecule has 0 bridgehead atoms. The highest BCUT2D eigenvalue weighted by Gasteiger charge is 2.25.